The van der Waals surface area contributed by atoms with Crippen LogP contribution in [0.1, 0.15) is 36.1 Å². The molecule has 9 heteroatoms. The molecule has 0 bridgehead atoms. The van der Waals surface area contributed by atoms with Gasteiger partial charge in [-0.2, -0.15) is 10.1 Å². The van der Waals surface area contributed by atoms with Gasteiger partial charge >= 0.3 is 0 Å². The number of amides is 1. The molecule has 0 saturated heterocycles. The summed E-state index contributed by atoms with van der Waals surface area (Å²) < 4.78 is 10.4. The largest absolute Gasteiger partial charge is 0.497 e. The van der Waals surface area contributed by atoms with Crippen molar-refractivity contribution in [2.45, 2.75) is 19.9 Å². The Balaban J connectivity index is 1.78. The maximum Gasteiger partial charge on any atom is 0.251 e. The minimum absolute atomic E-state index is 0.0465. The molecule has 0 aliphatic heterocycles. The summed E-state index contributed by atoms with van der Waals surface area (Å²) in [7, 11) is 1.57. The van der Waals surface area contributed by atoms with Crippen molar-refractivity contribution in [3.05, 3.63) is 42.0 Å². The average Bonchev–Trinajstić information content (AvgIpc) is 3.30. The molecular weight excluding hydrogens is 324 g/mol. The Morgan fingerprint density at radius 2 is 2.04 bits per heavy atom. The third-order valence-corrected chi connectivity index (χ3v) is 3.64. The quantitative estimate of drug-likeness (QED) is 0.703. The lowest BCUT2D eigenvalue weighted by Crippen LogP contribution is -2.32. The number of hydrogen-bond donors (Lipinski definition) is 2. The Morgan fingerprint density at radius 1 is 1.28 bits per heavy atom. The molecule has 9 nitrogen and oxygen atoms in total. The Morgan fingerprint density at radius 3 is 2.64 bits per heavy atom. The van der Waals surface area contributed by atoms with Crippen molar-refractivity contribution in [3.8, 4) is 17.4 Å². The second-order valence-electron chi connectivity index (χ2n) is 5.71. The number of aromatic nitrogens is 5. The van der Waals surface area contributed by atoms with E-state index in [2.05, 4.69) is 30.6 Å². The molecule has 2 heterocycles. The first-order chi connectivity index (χ1) is 12.1. The fraction of sp³-hybridized carbons (Fsp3) is 0.312. The zero-order valence-electron chi connectivity index (χ0n) is 14.1. The molecule has 0 radical (unpaired) electrons. The van der Waals surface area contributed by atoms with Gasteiger partial charge in [0, 0.05) is 5.56 Å². The van der Waals surface area contributed by atoms with Crippen LogP contribution in [0.5, 0.6) is 5.75 Å². The van der Waals surface area contributed by atoms with E-state index in [-0.39, 0.29) is 17.6 Å². The molecule has 3 aromatic rings. The maximum atomic E-state index is 12.5. The van der Waals surface area contributed by atoms with Crippen molar-refractivity contribution in [1.82, 2.24) is 30.6 Å². The number of carbonyl (C=O) groups excluding carboxylic acids is 1. The van der Waals surface area contributed by atoms with Crippen molar-refractivity contribution < 1.29 is 14.1 Å². The molecule has 1 aromatic carbocycles. The zero-order chi connectivity index (χ0) is 17.8. The van der Waals surface area contributed by atoms with Crippen molar-refractivity contribution in [3.63, 3.8) is 0 Å². The fourth-order valence-electron chi connectivity index (χ4n) is 2.25. The number of benzene rings is 1. The summed E-state index contributed by atoms with van der Waals surface area (Å²) in [6.45, 7) is 3.91. The molecule has 0 spiro atoms. The molecule has 0 fully saturated rings. The van der Waals surface area contributed by atoms with Gasteiger partial charge in [-0.1, -0.05) is 19.0 Å². The summed E-state index contributed by atoms with van der Waals surface area (Å²) in [6.07, 6.45) is 1.36. The number of carbonyl (C=O) groups is 1. The molecule has 1 atom stereocenters. The van der Waals surface area contributed by atoms with Crippen LogP contribution >= 0.6 is 0 Å². The monoisotopic (exact) mass is 342 g/mol. The molecule has 2 aromatic heterocycles. The van der Waals surface area contributed by atoms with Gasteiger partial charge < -0.3 is 14.6 Å². The van der Waals surface area contributed by atoms with E-state index >= 15 is 0 Å². The molecule has 3 rings (SSSR count). The van der Waals surface area contributed by atoms with Crippen LogP contribution in [0, 0.1) is 5.92 Å². The standard InChI is InChI=1S/C16H18N6O3/c1-9(2)12(16-20-14(22-25-16)13-17-8-18-21-13)19-15(23)10-4-6-11(24-3)7-5-10/h4-9,12H,1-3H3,(H,19,23)(H,17,18,21). The SMILES string of the molecule is COc1ccc(C(=O)NC(c2nc(-c3ncn[nH]3)no2)C(C)C)cc1. The summed E-state index contributed by atoms with van der Waals surface area (Å²) in [5.41, 5.74) is 0.515. The van der Waals surface area contributed by atoms with E-state index in [0.717, 1.165) is 0 Å². The molecule has 0 saturated carbocycles. The van der Waals surface area contributed by atoms with Gasteiger partial charge in [-0.3, -0.25) is 9.89 Å². The number of hydrogen-bond acceptors (Lipinski definition) is 7. The smallest absolute Gasteiger partial charge is 0.251 e. The van der Waals surface area contributed by atoms with Crippen molar-refractivity contribution >= 4 is 5.91 Å². The lowest BCUT2D eigenvalue weighted by atomic mass is 10.0. The van der Waals surface area contributed by atoms with E-state index in [1.54, 1.807) is 31.4 Å². The molecule has 1 unspecified atom stereocenters. The summed E-state index contributed by atoms with van der Waals surface area (Å²) in [4.78, 5) is 20.8. The fourth-order valence-corrected chi connectivity index (χ4v) is 2.25. The molecule has 130 valence electrons. The van der Waals surface area contributed by atoms with Gasteiger partial charge in [0.05, 0.1) is 7.11 Å². The van der Waals surface area contributed by atoms with Gasteiger partial charge in [0.25, 0.3) is 5.91 Å². The Kier molecular flexibility index (Phi) is 4.73. The first kappa shape index (κ1) is 16.6. The molecule has 2 N–H and O–H groups in total. The highest BCUT2D eigenvalue weighted by molar-refractivity contribution is 5.94. The Labute approximate surface area is 143 Å². The molecule has 0 aliphatic rings. The maximum absolute atomic E-state index is 12.5. The third kappa shape index (κ3) is 3.65. The van der Waals surface area contributed by atoms with Crippen molar-refractivity contribution in [2.75, 3.05) is 7.11 Å². The summed E-state index contributed by atoms with van der Waals surface area (Å²) in [5, 5.41) is 13.2. The van der Waals surface area contributed by atoms with E-state index in [4.69, 9.17) is 9.26 Å². The van der Waals surface area contributed by atoms with Crippen LogP contribution < -0.4 is 10.1 Å². The average molecular weight is 342 g/mol. The Bertz CT molecular complexity index is 826. The number of nitrogens with one attached hydrogen (secondary N) is 2. The summed E-state index contributed by atoms with van der Waals surface area (Å²) >= 11 is 0. The van der Waals surface area contributed by atoms with Crippen molar-refractivity contribution in [1.29, 1.82) is 0 Å². The normalized spacial score (nSPS) is 12.2. The second-order valence-corrected chi connectivity index (χ2v) is 5.71. The van der Waals surface area contributed by atoms with Gasteiger partial charge in [0.2, 0.25) is 11.7 Å². The number of methoxy groups -OCH3 is 1. The van der Waals surface area contributed by atoms with Crippen LogP contribution in [-0.2, 0) is 0 Å². The number of rotatable bonds is 6. The van der Waals surface area contributed by atoms with Crippen LogP contribution in [0.4, 0.5) is 0 Å². The van der Waals surface area contributed by atoms with E-state index in [9.17, 15) is 4.79 Å². The highest BCUT2D eigenvalue weighted by Crippen LogP contribution is 2.23. The van der Waals surface area contributed by atoms with Crippen LogP contribution in [0.2, 0.25) is 0 Å². The predicted octanol–water partition coefficient (Wildman–Crippen LogP) is 1.99. The lowest BCUT2D eigenvalue weighted by molar-refractivity contribution is 0.0914. The number of ether oxygens (including phenoxy) is 1. The highest BCUT2D eigenvalue weighted by atomic mass is 16.5. The minimum atomic E-state index is -0.432. The molecule has 1 amide bonds. The van der Waals surface area contributed by atoms with Gasteiger partial charge in [-0.05, 0) is 30.2 Å². The molecule has 0 aliphatic carbocycles. The van der Waals surface area contributed by atoms with Crippen LogP contribution in [0.3, 0.4) is 0 Å². The zero-order valence-corrected chi connectivity index (χ0v) is 14.1. The number of aromatic amines is 1. The first-order valence-corrected chi connectivity index (χ1v) is 7.72. The van der Waals surface area contributed by atoms with Gasteiger partial charge in [-0.15, -0.1) is 0 Å². The predicted molar refractivity (Wildman–Crippen MR) is 87.7 cm³/mol. The van der Waals surface area contributed by atoms with E-state index in [1.807, 2.05) is 13.8 Å². The molecule has 25 heavy (non-hydrogen) atoms. The van der Waals surface area contributed by atoms with E-state index in [0.29, 0.717) is 23.0 Å². The third-order valence-electron chi connectivity index (χ3n) is 3.64. The van der Waals surface area contributed by atoms with Crippen molar-refractivity contribution in [2.24, 2.45) is 5.92 Å². The second kappa shape index (κ2) is 7.12. The summed E-state index contributed by atoms with van der Waals surface area (Å²) in [6, 6.07) is 6.42. The molecular formula is C16H18N6O3. The topological polar surface area (TPSA) is 119 Å². The van der Waals surface area contributed by atoms with Crippen LogP contribution in [-0.4, -0.2) is 38.3 Å². The van der Waals surface area contributed by atoms with Crippen LogP contribution in [0.15, 0.2) is 35.1 Å². The van der Waals surface area contributed by atoms with E-state index < -0.39 is 6.04 Å². The van der Waals surface area contributed by atoms with Crippen LogP contribution in [0.25, 0.3) is 11.6 Å². The number of H-pyrrole nitrogens is 1. The Hall–Kier alpha value is -3.23. The highest BCUT2D eigenvalue weighted by Gasteiger charge is 2.25. The lowest BCUT2D eigenvalue weighted by Gasteiger charge is -2.18. The van der Waals surface area contributed by atoms with Gasteiger partial charge in [-0.25, -0.2) is 4.98 Å². The minimum Gasteiger partial charge on any atom is -0.497 e. The van der Waals surface area contributed by atoms with Gasteiger partial charge in [0.15, 0.2) is 5.82 Å². The van der Waals surface area contributed by atoms with E-state index in [1.165, 1.54) is 6.33 Å². The number of nitrogens with zero attached hydrogens (tertiary/aromatic N) is 4. The summed E-state index contributed by atoms with van der Waals surface area (Å²) in [5.74, 6) is 1.50. The first-order valence-electron chi connectivity index (χ1n) is 7.72. The van der Waals surface area contributed by atoms with Gasteiger partial charge in [0.1, 0.15) is 18.1 Å².